The van der Waals surface area contributed by atoms with E-state index in [9.17, 15) is 9.59 Å². The predicted octanol–water partition coefficient (Wildman–Crippen LogP) is 3.40. The van der Waals surface area contributed by atoms with Gasteiger partial charge in [0, 0.05) is 12.1 Å². The molecule has 21 heavy (non-hydrogen) atoms. The van der Waals surface area contributed by atoms with E-state index < -0.39 is 5.92 Å². The van der Waals surface area contributed by atoms with Gasteiger partial charge in [-0.2, -0.15) is 0 Å². The molecule has 1 heterocycles. The Morgan fingerprint density at radius 3 is 2.67 bits per heavy atom. The van der Waals surface area contributed by atoms with Crippen molar-refractivity contribution in [3.05, 3.63) is 59.1 Å². The molecule has 0 radical (unpaired) electrons. The van der Waals surface area contributed by atoms with Crippen LogP contribution >= 0.6 is 11.6 Å². The van der Waals surface area contributed by atoms with Gasteiger partial charge in [0.25, 0.3) is 0 Å². The van der Waals surface area contributed by atoms with Crippen molar-refractivity contribution in [2.45, 2.75) is 12.3 Å². The van der Waals surface area contributed by atoms with Gasteiger partial charge in [0.2, 0.25) is 11.8 Å². The standard InChI is InChI=1S/C16H13ClN2O2/c17-12-6-2-4-8-14(12)18-15(20)9-11-10-5-1-3-7-13(10)19-16(11)21/h1-8,11H,9H2,(H,18,20)(H,19,21). The number of fused-ring (bicyclic) bond motifs is 1. The first-order valence-corrected chi connectivity index (χ1v) is 6.97. The summed E-state index contributed by atoms with van der Waals surface area (Å²) in [7, 11) is 0. The highest BCUT2D eigenvalue weighted by Crippen LogP contribution is 2.34. The van der Waals surface area contributed by atoms with Crippen molar-refractivity contribution < 1.29 is 9.59 Å². The average molecular weight is 301 g/mol. The van der Waals surface area contributed by atoms with Crippen molar-refractivity contribution in [3.8, 4) is 0 Å². The monoisotopic (exact) mass is 300 g/mol. The van der Waals surface area contributed by atoms with Gasteiger partial charge in [-0.05, 0) is 23.8 Å². The molecule has 0 saturated heterocycles. The summed E-state index contributed by atoms with van der Waals surface area (Å²) in [6.07, 6.45) is 0.0913. The number of anilines is 2. The van der Waals surface area contributed by atoms with Gasteiger partial charge in [0.05, 0.1) is 16.6 Å². The molecule has 0 aromatic heterocycles. The Bertz CT molecular complexity index is 715. The molecule has 1 aliphatic heterocycles. The maximum Gasteiger partial charge on any atom is 0.232 e. The fourth-order valence-corrected chi connectivity index (χ4v) is 2.61. The van der Waals surface area contributed by atoms with Crippen LogP contribution in [0.3, 0.4) is 0 Å². The highest BCUT2D eigenvalue weighted by atomic mass is 35.5. The van der Waals surface area contributed by atoms with E-state index in [0.29, 0.717) is 10.7 Å². The Kier molecular flexibility index (Phi) is 3.62. The minimum Gasteiger partial charge on any atom is -0.325 e. The number of benzene rings is 2. The summed E-state index contributed by atoms with van der Waals surface area (Å²) in [6, 6.07) is 14.4. The van der Waals surface area contributed by atoms with Gasteiger partial charge in [-0.25, -0.2) is 0 Å². The summed E-state index contributed by atoms with van der Waals surface area (Å²) >= 11 is 6.00. The van der Waals surface area contributed by atoms with Crippen LogP contribution in [0, 0.1) is 0 Å². The number of carbonyl (C=O) groups is 2. The lowest BCUT2D eigenvalue weighted by Crippen LogP contribution is -2.20. The molecule has 1 unspecified atom stereocenters. The Morgan fingerprint density at radius 1 is 1.14 bits per heavy atom. The molecule has 0 saturated carbocycles. The van der Waals surface area contributed by atoms with Gasteiger partial charge in [-0.15, -0.1) is 0 Å². The van der Waals surface area contributed by atoms with E-state index in [2.05, 4.69) is 10.6 Å². The summed E-state index contributed by atoms with van der Waals surface area (Å²) in [5, 5.41) is 5.99. The number of amides is 2. The lowest BCUT2D eigenvalue weighted by Gasteiger charge is -2.10. The Balaban J connectivity index is 1.74. The molecule has 2 aromatic rings. The molecular formula is C16H13ClN2O2. The van der Waals surface area contributed by atoms with Gasteiger partial charge >= 0.3 is 0 Å². The quantitative estimate of drug-likeness (QED) is 0.912. The molecule has 3 rings (SSSR count). The van der Waals surface area contributed by atoms with Crippen LogP contribution in [0.1, 0.15) is 17.9 Å². The molecule has 1 aliphatic rings. The third-order valence-corrected chi connectivity index (χ3v) is 3.78. The van der Waals surface area contributed by atoms with Crippen molar-refractivity contribution in [3.63, 3.8) is 0 Å². The Labute approximate surface area is 127 Å². The summed E-state index contributed by atoms with van der Waals surface area (Å²) in [6.45, 7) is 0. The number of hydrogen-bond donors (Lipinski definition) is 2. The van der Waals surface area contributed by atoms with Crippen LogP contribution in [-0.2, 0) is 9.59 Å². The van der Waals surface area contributed by atoms with E-state index in [1.807, 2.05) is 24.3 Å². The average Bonchev–Trinajstić information content (AvgIpc) is 2.78. The number of hydrogen-bond acceptors (Lipinski definition) is 2. The third-order valence-electron chi connectivity index (χ3n) is 3.45. The summed E-state index contributed by atoms with van der Waals surface area (Å²) in [5.74, 6) is -0.839. The van der Waals surface area contributed by atoms with Crippen molar-refractivity contribution in [1.82, 2.24) is 0 Å². The Morgan fingerprint density at radius 2 is 1.86 bits per heavy atom. The number of carbonyl (C=O) groups excluding carboxylic acids is 2. The molecule has 0 fully saturated rings. The summed E-state index contributed by atoms with van der Waals surface area (Å²) in [5.41, 5.74) is 2.19. The van der Waals surface area contributed by atoms with Crippen LogP contribution in [0.25, 0.3) is 0 Å². The zero-order valence-electron chi connectivity index (χ0n) is 11.1. The molecule has 106 valence electrons. The summed E-state index contributed by atoms with van der Waals surface area (Å²) < 4.78 is 0. The second-order valence-electron chi connectivity index (χ2n) is 4.86. The van der Waals surface area contributed by atoms with Crippen molar-refractivity contribution in [2.75, 3.05) is 10.6 Å². The molecule has 0 spiro atoms. The fraction of sp³-hybridized carbons (Fsp3) is 0.125. The molecule has 0 bridgehead atoms. The lowest BCUT2D eigenvalue weighted by atomic mass is 9.97. The van der Waals surface area contributed by atoms with E-state index in [-0.39, 0.29) is 18.2 Å². The largest absolute Gasteiger partial charge is 0.325 e. The molecule has 5 heteroatoms. The van der Waals surface area contributed by atoms with Gasteiger partial charge in [0.15, 0.2) is 0 Å². The van der Waals surface area contributed by atoms with Crippen molar-refractivity contribution in [1.29, 1.82) is 0 Å². The molecule has 2 N–H and O–H groups in total. The summed E-state index contributed by atoms with van der Waals surface area (Å²) in [4.78, 5) is 24.1. The van der Waals surface area contributed by atoms with Crippen LogP contribution < -0.4 is 10.6 Å². The van der Waals surface area contributed by atoms with E-state index in [0.717, 1.165) is 11.3 Å². The van der Waals surface area contributed by atoms with Crippen LogP contribution in [0.4, 0.5) is 11.4 Å². The first kappa shape index (κ1) is 13.6. The lowest BCUT2D eigenvalue weighted by molar-refractivity contribution is -0.122. The van der Waals surface area contributed by atoms with Gasteiger partial charge < -0.3 is 10.6 Å². The molecule has 0 aliphatic carbocycles. The number of nitrogens with one attached hydrogen (secondary N) is 2. The van der Waals surface area contributed by atoms with Crippen LogP contribution in [0.15, 0.2) is 48.5 Å². The number of halogens is 1. The first-order valence-electron chi connectivity index (χ1n) is 6.59. The smallest absolute Gasteiger partial charge is 0.232 e. The van der Waals surface area contributed by atoms with E-state index in [1.54, 1.807) is 24.3 Å². The predicted molar refractivity (Wildman–Crippen MR) is 82.5 cm³/mol. The van der Waals surface area contributed by atoms with Crippen LogP contribution in [-0.4, -0.2) is 11.8 Å². The highest BCUT2D eigenvalue weighted by molar-refractivity contribution is 6.33. The first-order chi connectivity index (χ1) is 10.1. The minimum atomic E-state index is -0.455. The minimum absolute atomic E-state index is 0.0913. The maximum atomic E-state index is 12.1. The van der Waals surface area contributed by atoms with Gasteiger partial charge in [0.1, 0.15) is 0 Å². The second kappa shape index (κ2) is 5.58. The van der Waals surface area contributed by atoms with Gasteiger partial charge in [-0.3, -0.25) is 9.59 Å². The third kappa shape index (κ3) is 2.76. The fourth-order valence-electron chi connectivity index (χ4n) is 2.43. The molecule has 2 amide bonds. The maximum absolute atomic E-state index is 12.1. The second-order valence-corrected chi connectivity index (χ2v) is 5.27. The molecule has 2 aromatic carbocycles. The molecule has 4 nitrogen and oxygen atoms in total. The molecule has 1 atom stereocenters. The van der Waals surface area contributed by atoms with E-state index >= 15 is 0 Å². The van der Waals surface area contributed by atoms with Crippen LogP contribution in [0.5, 0.6) is 0 Å². The molecular weight excluding hydrogens is 288 g/mol. The zero-order chi connectivity index (χ0) is 14.8. The van der Waals surface area contributed by atoms with Crippen molar-refractivity contribution in [2.24, 2.45) is 0 Å². The van der Waals surface area contributed by atoms with E-state index in [4.69, 9.17) is 11.6 Å². The number of para-hydroxylation sites is 2. The number of rotatable bonds is 3. The Hall–Kier alpha value is -2.33. The normalized spacial score (nSPS) is 16.2. The van der Waals surface area contributed by atoms with Gasteiger partial charge in [-0.1, -0.05) is 41.9 Å². The highest BCUT2D eigenvalue weighted by Gasteiger charge is 2.31. The SMILES string of the molecule is O=C(CC1C(=O)Nc2ccccc21)Nc1ccccc1Cl. The van der Waals surface area contributed by atoms with E-state index in [1.165, 1.54) is 0 Å². The van der Waals surface area contributed by atoms with Crippen LogP contribution in [0.2, 0.25) is 5.02 Å². The zero-order valence-corrected chi connectivity index (χ0v) is 11.9. The van der Waals surface area contributed by atoms with Crippen molar-refractivity contribution >= 4 is 34.8 Å². The topological polar surface area (TPSA) is 58.2 Å².